The van der Waals surface area contributed by atoms with Gasteiger partial charge in [-0.15, -0.1) is 0 Å². The highest BCUT2D eigenvalue weighted by atomic mass is 16.5. The van der Waals surface area contributed by atoms with E-state index < -0.39 is 0 Å². The van der Waals surface area contributed by atoms with Gasteiger partial charge in [-0.05, 0) is 36.1 Å². The van der Waals surface area contributed by atoms with Gasteiger partial charge < -0.3 is 4.74 Å². The summed E-state index contributed by atoms with van der Waals surface area (Å²) < 4.78 is 5.30. The van der Waals surface area contributed by atoms with Crippen LogP contribution in [0.25, 0.3) is 0 Å². The zero-order valence-corrected chi connectivity index (χ0v) is 13.2. The number of benzene rings is 2. The first kappa shape index (κ1) is 15.1. The number of ether oxygens (including phenoxy) is 1. The van der Waals surface area contributed by atoms with E-state index in [4.69, 9.17) is 4.74 Å². The number of piperidine rings is 1. The second kappa shape index (κ2) is 7.43. The normalized spacial score (nSPS) is 19.0. The maximum atomic E-state index is 5.30. The van der Waals surface area contributed by atoms with E-state index in [2.05, 4.69) is 52.9 Å². The van der Waals surface area contributed by atoms with Crippen molar-refractivity contribution in [3.8, 4) is 5.75 Å². The molecule has 22 heavy (non-hydrogen) atoms. The topological polar surface area (TPSA) is 24.5 Å². The Morgan fingerprint density at radius 3 is 2.77 bits per heavy atom. The fourth-order valence-electron chi connectivity index (χ4n) is 3.12. The van der Waals surface area contributed by atoms with Crippen molar-refractivity contribution in [1.82, 2.24) is 10.4 Å². The van der Waals surface area contributed by atoms with Gasteiger partial charge in [0.2, 0.25) is 0 Å². The Labute approximate surface area is 132 Å². The van der Waals surface area contributed by atoms with Crippen LogP contribution in [0.15, 0.2) is 54.6 Å². The van der Waals surface area contributed by atoms with Crippen LogP contribution in [0.5, 0.6) is 5.75 Å². The molecule has 0 unspecified atom stereocenters. The predicted molar refractivity (Wildman–Crippen MR) is 89.6 cm³/mol. The van der Waals surface area contributed by atoms with E-state index in [1.807, 2.05) is 12.1 Å². The smallest absolute Gasteiger partial charge is 0.119 e. The van der Waals surface area contributed by atoms with Gasteiger partial charge in [0.25, 0.3) is 0 Å². The van der Waals surface area contributed by atoms with E-state index in [1.54, 1.807) is 7.11 Å². The van der Waals surface area contributed by atoms with Gasteiger partial charge in [0.15, 0.2) is 0 Å². The Kier molecular flexibility index (Phi) is 5.09. The second-order valence-corrected chi connectivity index (χ2v) is 5.80. The molecule has 0 amide bonds. The molecule has 2 aromatic carbocycles. The van der Waals surface area contributed by atoms with Crippen LogP contribution in [0.4, 0.5) is 0 Å². The molecule has 3 nitrogen and oxygen atoms in total. The number of hydrogen-bond acceptors (Lipinski definition) is 3. The first-order valence-corrected chi connectivity index (χ1v) is 8.05. The molecule has 3 heteroatoms. The SMILES string of the molecule is COc1cccc(CNN2CCCC[C@H]2c2ccccc2)c1. The minimum Gasteiger partial charge on any atom is -0.497 e. The van der Waals surface area contributed by atoms with Crippen molar-refractivity contribution in [2.24, 2.45) is 0 Å². The number of nitrogens with zero attached hydrogens (tertiary/aromatic N) is 1. The summed E-state index contributed by atoms with van der Waals surface area (Å²) in [6.45, 7) is 1.93. The van der Waals surface area contributed by atoms with Crippen LogP contribution in [0.2, 0.25) is 0 Å². The molecule has 0 bridgehead atoms. The molecular formula is C19H24N2O. The lowest BCUT2D eigenvalue weighted by Gasteiger charge is -2.36. The standard InChI is InChI=1S/C19H24N2O/c1-22-18-11-7-8-16(14-18)15-20-21-13-6-5-12-19(21)17-9-3-2-4-10-17/h2-4,7-11,14,19-20H,5-6,12-13,15H2,1H3/t19-/m0/s1. The summed E-state index contributed by atoms with van der Waals surface area (Å²) in [4.78, 5) is 0. The zero-order chi connectivity index (χ0) is 15.2. The molecule has 1 atom stereocenters. The summed E-state index contributed by atoms with van der Waals surface area (Å²) >= 11 is 0. The molecule has 116 valence electrons. The van der Waals surface area contributed by atoms with Crippen LogP contribution in [-0.4, -0.2) is 18.7 Å². The third-order valence-electron chi connectivity index (χ3n) is 4.31. The fourth-order valence-corrected chi connectivity index (χ4v) is 3.12. The molecular weight excluding hydrogens is 272 g/mol. The Bertz CT molecular complexity index is 585. The van der Waals surface area contributed by atoms with E-state index in [9.17, 15) is 0 Å². The lowest BCUT2D eigenvalue weighted by atomic mass is 9.97. The monoisotopic (exact) mass is 296 g/mol. The van der Waals surface area contributed by atoms with E-state index >= 15 is 0 Å². The molecule has 1 aliphatic rings. The van der Waals surface area contributed by atoms with Gasteiger partial charge in [0.1, 0.15) is 5.75 Å². The van der Waals surface area contributed by atoms with Gasteiger partial charge >= 0.3 is 0 Å². The summed E-state index contributed by atoms with van der Waals surface area (Å²) in [7, 11) is 1.71. The molecule has 0 aromatic heterocycles. The lowest BCUT2D eigenvalue weighted by Crippen LogP contribution is -2.43. The minimum atomic E-state index is 0.473. The van der Waals surface area contributed by atoms with Crippen molar-refractivity contribution in [3.05, 3.63) is 65.7 Å². The predicted octanol–water partition coefficient (Wildman–Crippen LogP) is 3.93. The van der Waals surface area contributed by atoms with Crippen molar-refractivity contribution in [2.75, 3.05) is 13.7 Å². The maximum absolute atomic E-state index is 5.30. The number of hydrazine groups is 1. The third kappa shape index (κ3) is 3.67. The highest BCUT2D eigenvalue weighted by Crippen LogP contribution is 2.29. The summed E-state index contributed by atoms with van der Waals surface area (Å²) in [5, 5.41) is 2.40. The van der Waals surface area contributed by atoms with Gasteiger partial charge in [-0.3, -0.25) is 5.43 Å². The van der Waals surface area contributed by atoms with Crippen LogP contribution >= 0.6 is 0 Å². The second-order valence-electron chi connectivity index (χ2n) is 5.80. The molecule has 0 saturated carbocycles. The Morgan fingerprint density at radius 2 is 1.95 bits per heavy atom. The molecule has 1 aliphatic heterocycles. The first-order valence-electron chi connectivity index (χ1n) is 8.05. The fraction of sp³-hybridized carbons (Fsp3) is 0.368. The van der Waals surface area contributed by atoms with Gasteiger partial charge in [0.05, 0.1) is 7.11 Å². The zero-order valence-electron chi connectivity index (χ0n) is 13.2. The Hall–Kier alpha value is -1.84. The van der Waals surface area contributed by atoms with E-state index in [0.29, 0.717) is 6.04 Å². The Morgan fingerprint density at radius 1 is 1.09 bits per heavy atom. The van der Waals surface area contributed by atoms with Crippen LogP contribution in [0, 0.1) is 0 Å². The van der Waals surface area contributed by atoms with Gasteiger partial charge in [-0.2, -0.15) is 0 Å². The summed E-state index contributed by atoms with van der Waals surface area (Å²) in [6.07, 6.45) is 3.78. The third-order valence-corrected chi connectivity index (χ3v) is 4.31. The van der Waals surface area contributed by atoms with Crippen molar-refractivity contribution in [2.45, 2.75) is 31.8 Å². The average Bonchev–Trinajstić information content (AvgIpc) is 2.61. The van der Waals surface area contributed by atoms with Gasteiger partial charge in [-0.25, -0.2) is 5.01 Å². The number of hydrogen-bond donors (Lipinski definition) is 1. The molecule has 1 heterocycles. The average molecular weight is 296 g/mol. The first-order chi connectivity index (χ1) is 10.9. The number of rotatable bonds is 5. The molecule has 3 rings (SSSR count). The maximum Gasteiger partial charge on any atom is 0.119 e. The molecule has 1 saturated heterocycles. The molecule has 1 fully saturated rings. The highest BCUT2D eigenvalue weighted by molar-refractivity contribution is 5.28. The van der Waals surface area contributed by atoms with Crippen LogP contribution in [0.1, 0.15) is 36.4 Å². The van der Waals surface area contributed by atoms with E-state index in [0.717, 1.165) is 18.8 Å². The number of nitrogens with one attached hydrogen (secondary N) is 1. The van der Waals surface area contributed by atoms with Crippen molar-refractivity contribution >= 4 is 0 Å². The summed E-state index contributed by atoms with van der Waals surface area (Å²) in [5.41, 5.74) is 6.27. The van der Waals surface area contributed by atoms with Crippen molar-refractivity contribution in [1.29, 1.82) is 0 Å². The number of methoxy groups -OCH3 is 1. The van der Waals surface area contributed by atoms with Crippen molar-refractivity contribution in [3.63, 3.8) is 0 Å². The molecule has 1 N–H and O–H groups in total. The Balaban J connectivity index is 1.66. The van der Waals surface area contributed by atoms with Crippen molar-refractivity contribution < 1.29 is 4.74 Å². The molecule has 2 aromatic rings. The largest absolute Gasteiger partial charge is 0.497 e. The van der Waals surface area contributed by atoms with Crippen LogP contribution in [-0.2, 0) is 6.54 Å². The molecule has 0 spiro atoms. The molecule has 0 aliphatic carbocycles. The quantitative estimate of drug-likeness (QED) is 0.905. The van der Waals surface area contributed by atoms with Gasteiger partial charge in [0, 0.05) is 19.1 Å². The van der Waals surface area contributed by atoms with E-state index in [-0.39, 0.29) is 0 Å². The summed E-state index contributed by atoms with van der Waals surface area (Å²) in [6, 6.07) is 19.5. The van der Waals surface area contributed by atoms with Crippen LogP contribution in [0.3, 0.4) is 0 Å². The summed E-state index contributed by atoms with van der Waals surface area (Å²) in [5.74, 6) is 0.914. The molecule has 0 radical (unpaired) electrons. The van der Waals surface area contributed by atoms with Crippen LogP contribution < -0.4 is 10.2 Å². The van der Waals surface area contributed by atoms with Gasteiger partial charge in [-0.1, -0.05) is 48.9 Å². The van der Waals surface area contributed by atoms with E-state index in [1.165, 1.54) is 30.4 Å². The minimum absolute atomic E-state index is 0.473. The lowest BCUT2D eigenvalue weighted by molar-refractivity contribution is 0.0825. The highest BCUT2D eigenvalue weighted by Gasteiger charge is 2.23.